The van der Waals surface area contributed by atoms with Gasteiger partial charge in [0, 0.05) is 48.3 Å². The highest BCUT2D eigenvalue weighted by Gasteiger charge is 2.27. The molecule has 0 atom stereocenters. The van der Waals surface area contributed by atoms with Gasteiger partial charge in [-0.1, -0.05) is 31.0 Å². The van der Waals surface area contributed by atoms with Gasteiger partial charge in [0.1, 0.15) is 11.3 Å². The van der Waals surface area contributed by atoms with E-state index in [2.05, 4.69) is 0 Å². The number of anilines is 1. The number of para-hydroxylation sites is 1. The summed E-state index contributed by atoms with van der Waals surface area (Å²) in [5.74, 6) is 0.601. The van der Waals surface area contributed by atoms with Crippen molar-refractivity contribution >= 4 is 33.4 Å². The van der Waals surface area contributed by atoms with Crippen LogP contribution in [0.15, 0.2) is 59.5 Å². The number of benzene rings is 2. The van der Waals surface area contributed by atoms with Gasteiger partial charge in [0.05, 0.1) is 12.7 Å². The third-order valence-corrected chi connectivity index (χ3v) is 6.79. The standard InChI is InChI=1S/C26H27N3O3/c1-27(17-12-14-19(32-3)15-13-17)25(30)21-16-29(18-8-4-5-9-18)26(31)24-23(21)20-10-6-7-11-22(20)28(24)2/h6-7,10-16,18H,4-5,8-9H2,1-3H3. The fraction of sp³-hybridized carbons (Fsp3) is 0.308. The molecule has 2 aromatic carbocycles. The molecular formula is C26H27N3O3. The Balaban J connectivity index is 1.75. The lowest BCUT2D eigenvalue weighted by atomic mass is 10.1. The maximum Gasteiger partial charge on any atom is 0.275 e. The average Bonchev–Trinajstić information content (AvgIpc) is 3.46. The van der Waals surface area contributed by atoms with E-state index in [0.29, 0.717) is 11.1 Å². The molecule has 2 aromatic heterocycles. The van der Waals surface area contributed by atoms with Crippen LogP contribution in [0.4, 0.5) is 5.69 Å². The van der Waals surface area contributed by atoms with E-state index in [4.69, 9.17) is 4.74 Å². The Kier molecular flexibility index (Phi) is 5.00. The Morgan fingerprint density at radius 1 is 1.06 bits per heavy atom. The normalized spacial score (nSPS) is 14.3. The summed E-state index contributed by atoms with van der Waals surface area (Å²) in [4.78, 5) is 29.0. The molecule has 1 aliphatic carbocycles. The number of aryl methyl sites for hydroxylation is 1. The lowest BCUT2D eigenvalue weighted by Crippen LogP contribution is -2.30. The van der Waals surface area contributed by atoms with Crippen LogP contribution in [0.3, 0.4) is 0 Å². The Morgan fingerprint density at radius 3 is 2.44 bits per heavy atom. The number of hydrogen-bond acceptors (Lipinski definition) is 3. The van der Waals surface area contributed by atoms with E-state index in [9.17, 15) is 9.59 Å². The first kappa shape index (κ1) is 20.4. The number of ether oxygens (including phenoxy) is 1. The number of fused-ring (bicyclic) bond motifs is 3. The van der Waals surface area contributed by atoms with Crippen molar-refractivity contribution in [3.8, 4) is 5.75 Å². The van der Waals surface area contributed by atoms with Crippen molar-refractivity contribution in [2.75, 3.05) is 19.1 Å². The molecule has 0 saturated heterocycles. The van der Waals surface area contributed by atoms with Crippen LogP contribution in [0, 0.1) is 0 Å². The van der Waals surface area contributed by atoms with Gasteiger partial charge in [0.15, 0.2) is 0 Å². The van der Waals surface area contributed by atoms with Gasteiger partial charge in [-0.15, -0.1) is 0 Å². The number of hydrogen-bond donors (Lipinski definition) is 0. The number of amides is 1. The van der Waals surface area contributed by atoms with Crippen LogP contribution in [0.2, 0.25) is 0 Å². The van der Waals surface area contributed by atoms with Gasteiger partial charge in [0.2, 0.25) is 0 Å². The first-order valence-electron chi connectivity index (χ1n) is 11.1. The Bertz CT molecular complexity index is 1380. The van der Waals surface area contributed by atoms with Gasteiger partial charge in [-0.2, -0.15) is 0 Å². The number of carbonyl (C=O) groups is 1. The molecule has 1 amide bonds. The topological polar surface area (TPSA) is 56.5 Å². The molecule has 0 radical (unpaired) electrons. The molecule has 0 bridgehead atoms. The highest BCUT2D eigenvalue weighted by molar-refractivity contribution is 6.21. The zero-order valence-electron chi connectivity index (χ0n) is 18.7. The molecule has 6 nitrogen and oxygen atoms in total. The van der Waals surface area contributed by atoms with Crippen molar-refractivity contribution in [2.45, 2.75) is 31.7 Å². The molecule has 0 spiro atoms. The molecule has 6 heteroatoms. The van der Waals surface area contributed by atoms with Crippen LogP contribution in [-0.2, 0) is 7.05 Å². The fourth-order valence-electron chi connectivity index (χ4n) is 5.02. The highest BCUT2D eigenvalue weighted by Crippen LogP contribution is 2.34. The number of pyridine rings is 1. The van der Waals surface area contributed by atoms with Gasteiger partial charge in [-0.25, -0.2) is 0 Å². The number of carbonyl (C=O) groups excluding carboxylic acids is 1. The third kappa shape index (κ3) is 3.09. The van der Waals surface area contributed by atoms with Crippen LogP contribution in [0.5, 0.6) is 5.75 Å². The Hall–Kier alpha value is -3.54. The van der Waals surface area contributed by atoms with Crippen molar-refractivity contribution in [1.82, 2.24) is 9.13 Å². The minimum atomic E-state index is -0.136. The zero-order valence-corrected chi connectivity index (χ0v) is 18.7. The largest absolute Gasteiger partial charge is 0.497 e. The second-order valence-corrected chi connectivity index (χ2v) is 8.56. The van der Waals surface area contributed by atoms with Crippen molar-refractivity contribution < 1.29 is 9.53 Å². The molecule has 2 heterocycles. The first-order chi connectivity index (χ1) is 15.5. The SMILES string of the molecule is COc1ccc(N(C)C(=O)c2cn(C3CCCC3)c(=O)c3c2c2ccccc2n3C)cc1. The van der Waals surface area contributed by atoms with Crippen LogP contribution < -0.4 is 15.2 Å². The number of methoxy groups -OCH3 is 1. The summed E-state index contributed by atoms with van der Waals surface area (Å²) in [6, 6.07) is 15.4. The summed E-state index contributed by atoms with van der Waals surface area (Å²) >= 11 is 0. The maximum absolute atomic E-state index is 13.8. The quantitative estimate of drug-likeness (QED) is 0.464. The maximum atomic E-state index is 13.8. The molecule has 4 aromatic rings. The summed E-state index contributed by atoms with van der Waals surface area (Å²) in [6.07, 6.45) is 5.96. The molecule has 0 N–H and O–H groups in total. The average molecular weight is 430 g/mol. The molecule has 0 unspecified atom stereocenters. The van der Waals surface area contributed by atoms with Crippen molar-refractivity contribution in [1.29, 1.82) is 0 Å². The van der Waals surface area contributed by atoms with E-state index in [1.807, 2.05) is 64.7 Å². The van der Waals surface area contributed by atoms with E-state index < -0.39 is 0 Å². The van der Waals surface area contributed by atoms with Crippen LogP contribution in [0.1, 0.15) is 42.1 Å². The van der Waals surface area contributed by atoms with Crippen molar-refractivity contribution in [3.63, 3.8) is 0 Å². The van der Waals surface area contributed by atoms with E-state index >= 15 is 0 Å². The second-order valence-electron chi connectivity index (χ2n) is 8.56. The van der Waals surface area contributed by atoms with Crippen molar-refractivity contribution in [3.05, 3.63) is 70.6 Å². The summed E-state index contributed by atoms with van der Waals surface area (Å²) in [6.45, 7) is 0. The molecule has 1 fully saturated rings. The van der Waals surface area contributed by atoms with Gasteiger partial charge >= 0.3 is 0 Å². The molecule has 1 aliphatic rings. The predicted molar refractivity (Wildman–Crippen MR) is 128 cm³/mol. The highest BCUT2D eigenvalue weighted by atomic mass is 16.5. The molecule has 5 rings (SSSR count). The van der Waals surface area contributed by atoms with E-state index in [0.717, 1.165) is 53.4 Å². The fourth-order valence-corrected chi connectivity index (χ4v) is 5.02. The summed E-state index contributed by atoms with van der Waals surface area (Å²) in [5, 5.41) is 1.65. The first-order valence-corrected chi connectivity index (χ1v) is 11.1. The monoisotopic (exact) mass is 429 g/mol. The van der Waals surface area contributed by atoms with Crippen LogP contribution in [-0.4, -0.2) is 29.2 Å². The number of nitrogens with zero attached hydrogens (tertiary/aromatic N) is 3. The lowest BCUT2D eigenvalue weighted by molar-refractivity contribution is 0.0993. The summed E-state index contributed by atoms with van der Waals surface area (Å²) < 4.78 is 8.99. The minimum absolute atomic E-state index is 0.0192. The predicted octanol–water partition coefficient (Wildman–Crippen LogP) is 4.89. The van der Waals surface area contributed by atoms with Gasteiger partial charge < -0.3 is 18.8 Å². The lowest BCUT2D eigenvalue weighted by Gasteiger charge is -2.21. The van der Waals surface area contributed by atoms with E-state index in [-0.39, 0.29) is 17.5 Å². The van der Waals surface area contributed by atoms with Crippen LogP contribution in [0.25, 0.3) is 21.8 Å². The Labute approximate surface area is 186 Å². The molecule has 32 heavy (non-hydrogen) atoms. The van der Waals surface area contributed by atoms with Gasteiger partial charge in [-0.05, 0) is 43.2 Å². The summed E-state index contributed by atoms with van der Waals surface area (Å²) in [5.41, 5.74) is 2.84. The second kappa shape index (κ2) is 7.86. The molecule has 1 saturated carbocycles. The zero-order chi connectivity index (χ0) is 22.4. The third-order valence-electron chi connectivity index (χ3n) is 6.79. The van der Waals surface area contributed by atoms with Gasteiger partial charge in [0.25, 0.3) is 11.5 Å². The number of rotatable bonds is 4. The van der Waals surface area contributed by atoms with E-state index in [1.54, 1.807) is 25.3 Å². The summed E-state index contributed by atoms with van der Waals surface area (Å²) in [7, 11) is 5.30. The Morgan fingerprint density at radius 2 is 1.75 bits per heavy atom. The molecule has 0 aliphatic heterocycles. The minimum Gasteiger partial charge on any atom is -0.497 e. The molecule has 164 valence electrons. The van der Waals surface area contributed by atoms with Crippen molar-refractivity contribution in [2.24, 2.45) is 7.05 Å². The van der Waals surface area contributed by atoms with Crippen LogP contribution >= 0.6 is 0 Å². The van der Waals surface area contributed by atoms with Gasteiger partial charge in [-0.3, -0.25) is 9.59 Å². The van der Waals surface area contributed by atoms with E-state index in [1.165, 1.54) is 0 Å². The number of aromatic nitrogens is 2. The molecular weight excluding hydrogens is 402 g/mol. The smallest absolute Gasteiger partial charge is 0.275 e.